The third-order valence-corrected chi connectivity index (χ3v) is 5.90. The van der Waals surface area contributed by atoms with E-state index < -0.39 is 9.28 Å². The Morgan fingerprint density at radius 1 is 1.20 bits per heavy atom. The highest BCUT2D eigenvalue weighted by molar-refractivity contribution is 6.44. The molecule has 1 saturated carbocycles. The van der Waals surface area contributed by atoms with Gasteiger partial charge in [-0.2, -0.15) is 0 Å². The molecule has 0 N–H and O–H groups in total. The molecule has 90 valence electrons. The van der Waals surface area contributed by atoms with E-state index >= 15 is 0 Å². The van der Waals surface area contributed by atoms with E-state index in [1.807, 2.05) is 0 Å². The summed E-state index contributed by atoms with van der Waals surface area (Å²) in [5.41, 5.74) is 0. The molecule has 0 bridgehead atoms. The van der Waals surface area contributed by atoms with Gasteiger partial charge in [0.15, 0.2) is 0 Å². The first kappa shape index (κ1) is 13.2. The van der Waals surface area contributed by atoms with E-state index in [0.717, 1.165) is 11.8 Å². The van der Waals surface area contributed by atoms with E-state index in [1.165, 1.54) is 44.6 Å². The normalized spacial score (nSPS) is 20.0. The average Bonchev–Trinajstić information content (AvgIpc) is 2.75. The van der Waals surface area contributed by atoms with Gasteiger partial charge in [0.05, 0.1) is 0 Å². The molecule has 1 atom stereocenters. The largest absolute Gasteiger partial charge is 0.400 e. The summed E-state index contributed by atoms with van der Waals surface area (Å²) < 4.78 is 10.7. The Morgan fingerprint density at radius 2 is 1.80 bits per heavy atom. The van der Waals surface area contributed by atoms with Crippen LogP contribution in [0.1, 0.15) is 45.4 Å². The average molecular weight is 230 g/mol. The molecular formula is C12H26O2Si. The molecule has 0 aromatic carbocycles. The molecule has 1 aliphatic rings. The molecule has 2 nitrogen and oxygen atoms in total. The predicted molar refractivity (Wildman–Crippen MR) is 66.3 cm³/mol. The maximum Gasteiger partial charge on any atom is 0.321 e. The van der Waals surface area contributed by atoms with Crippen LogP contribution in [0.3, 0.4) is 0 Å². The van der Waals surface area contributed by atoms with Gasteiger partial charge in [0.1, 0.15) is 0 Å². The SMILES string of the molecule is CO[SiH](CC(C)CCC1CCCC1)OC. The molecule has 15 heavy (non-hydrogen) atoms. The van der Waals surface area contributed by atoms with Crippen molar-refractivity contribution in [2.75, 3.05) is 14.2 Å². The second-order valence-electron chi connectivity index (χ2n) is 4.97. The van der Waals surface area contributed by atoms with Crippen LogP contribution in [0.15, 0.2) is 0 Å². The Balaban J connectivity index is 2.08. The van der Waals surface area contributed by atoms with Crippen LogP contribution >= 0.6 is 0 Å². The molecule has 1 unspecified atom stereocenters. The van der Waals surface area contributed by atoms with Gasteiger partial charge >= 0.3 is 9.28 Å². The van der Waals surface area contributed by atoms with Crippen LogP contribution in [0, 0.1) is 11.8 Å². The maximum absolute atomic E-state index is 5.36. The van der Waals surface area contributed by atoms with E-state index in [4.69, 9.17) is 8.85 Å². The highest BCUT2D eigenvalue weighted by Gasteiger charge is 2.18. The van der Waals surface area contributed by atoms with Crippen molar-refractivity contribution >= 4 is 9.28 Å². The number of rotatable bonds is 7. The molecule has 0 aromatic heterocycles. The quantitative estimate of drug-likeness (QED) is 0.626. The number of hydrogen-bond donors (Lipinski definition) is 0. The summed E-state index contributed by atoms with van der Waals surface area (Å²) >= 11 is 0. The first-order valence-electron chi connectivity index (χ1n) is 6.31. The fraction of sp³-hybridized carbons (Fsp3) is 1.00. The summed E-state index contributed by atoms with van der Waals surface area (Å²) in [5, 5.41) is 0. The molecule has 0 aliphatic heterocycles. The zero-order chi connectivity index (χ0) is 11.1. The van der Waals surface area contributed by atoms with Crippen LogP contribution in [0.5, 0.6) is 0 Å². The van der Waals surface area contributed by atoms with Crippen molar-refractivity contribution in [3.05, 3.63) is 0 Å². The minimum absolute atomic E-state index is 0.780. The Hall–Kier alpha value is 0.137. The molecule has 1 rings (SSSR count). The van der Waals surface area contributed by atoms with Crippen molar-refractivity contribution in [2.24, 2.45) is 11.8 Å². The fourth-order valence-electron chi connectivity index (χ4n) is 2.55. The highest BCUT2D eigenvalue weighted by atomic mass is 28.3. The zero-order valence-electron chi connectivity index (χ0n) is 10.5. The lowest BCUT2D eigenvalue weighted by Crippen LogP contribution is -2.21. The van der Waals surface area contributed by atoms with Crippen molar-refractivity contribution in [2.45, 2.75) is 51.5 Å². The smallest absolute Gasteiger partial charge is 0.321 e. The topological polar surface area (TPSA) is 18.5 Å². The summed E-state index contributed by atoms with van der Waals surface area (Å²) in [6.07, 6.45) is 8.67. The zero-order valence-corrected chi connectivity index (χ0v) is 11.7. The van der Waals surface area contributed by atoms with Crippen molar-refractivity contribution < 1.29 is 8.85 Å². The van der Waals surface area contributed by atoms with Crippen LogP contribution in [-0.4, -0.2) is 23.5 Å². The summed E-state index contributed by atoms with van der Waals surface area (Å²) in [7, 11) is 2.25. The molecule has 3 heteroatoms. The molecule has 0 aromatic rings. The maximum atomic E-state index is 5.36. The molecule has 0 saturated heterocycles. The van der Waals surface area contributed by atoms with Gasteiger partial charge in [0.25, 0.3) is 0 Å². The molecule has 0 heterocycles. The van der Waals surface area contributed by atoms with E-state index in [-0.39, 0.29) is 0 Å². The molecule has 0 amide bonds. The molecule has 0 spiro atoms. The van der Waals surface area contributed by atoms with E-state index in [9.17, 15) is 0 Å². The van der Waals surface area contributed by atoms with Gasteiger partial charge in [-0.05, 0) is 17.9 Å². The fourth-order valence-corrected chi connectivity index (χ4v) is 4.02. The molecular weight excluding hydrogens is 204 g/mol. The third kappa shape index (κ3) is 5.14. The second kappa shape index (κ2) is 7.42. The Kier molecular flexibility index (Phi) is 6.53. The minimum atomic E-state index is -1.32. The monoisotopic (exact) mass is 230 g/mol. The van der Waals surface area contributed by atoms with Crippen LogP contribution in [-0.2, 0) is 8.85 Å². The summed E-state index contributed by atoms with van der Waals surface area (Å²) in [4.78, 5) is 0. The van der Waals surface area contributed by atoms with E-state index in [0.29, 0.717) is 0 Å². The molecule has 1 aliphatic carbocycles. The van der Waals surface area contributed by atoms with Gasteiger partial charge in [0, 0.05) is 14.2 Å². The van der Waals surface area contributed by atoms with Gasteiger partial charge in [-0.3, -0.25) is 0 Å². The van der Waals surface area contributed by atoms with Crippen LogP contribution in [0.2, 0.25) is 6.04 Å². The molecule has 0 radical (unpaired) electrons. The van der Waals surface area contributed by atoms with Crippen LogP contribution in [0.25, 0.3) is 0 Å². The van der Waals surface area contributed by atoms with Crippen molar-refractivity contribution in [1.82, 2.24) is 0 Å². The summed E-state index contributed by atoms with van der Waals surface area (Å²) in [6.45, 7) is 2.34. The van der Waals surface area contributed by atoms with Gasteiger partial charge in [-0.15, -0.1) is 0 Å². The highest BCUT2D eigenvalue weighted by Crippen LogP contribution is 2.30. The lowest BCUT2D eigenvalue weighted by Gasteiger charge is -2.18. The Bertz CT molecular complexity index is 154. The predicted octanol–water partition coefficient (Wildman–Crippen LogP) is 3.11. The third-order valence-electron chi connectivity index (χ3n) is 3.66. The Labute approximate surface area is 96.2 Å². The van der Waals surface area contributed by atoms with Gasteiger partial charge in [-0.25, -0.2) is 0 Å². The van der Waals surface area contributed by atoms with E-state index in [2.05, 4.69) is 6.92 Å². The van der Waals surface area contributed by atoms with Gasteiger partial charge < -0.3 is 8.85 Å². The first-order chi connectivity index (χ1) is 7.26. The van der Waals surface area contributed by atoms with E-state index in [1.54, 1.807) is 14.2 Å². The van der Waals surface area contributed by atoms with Crippen molar-refractivity contribution in [3.8, 4) is 0 Å². The standard InChI is InChI=1S/C12H26O2Si/c1-11(10-15(13-2)14-3)8-9-12-6-4-5-7-12/h11-12,15H,4-10H2,1-3H3. The van der Waals surface area contributed by atoms with Gasteiger partial charge in [0.2, 0.25) is 0 Å². The lowest BCUT2D eigenvalue weighted by molar-refractivity contribution is 0.268. The van der Waals surface area contributed by atoms with Crippen molar-refractivity contribution in [3.63, 3.8) is 0 Å². The Morgan fingerprint density at radius 3 is 2.33 bits per heavy atom. The summed E-state index contributed by atoms with van der Waals surface area (Å²) in [6, 6.07) is 1.17. The van der Waals surface area contributed by atoms with Crippen LogP contribution in [0.4, 0.5) is 0 Å². The van der Waals surface area contributed by atoms with Crippen molar-refractivity contribution in [1.29, 1.82) is 0 Å². The number of hydrogen-bond acceptors (Lipinski definition) is 2. The summed E-state index contributed by atoms with van der Waals surface area (Å²) in [5.74, 6) is 1.81. The lowest BCUT2D eigenvalue weighted by atomic mass is 9.97. The van der Waals surface area contributed by atoms with Crippen LogP contribution < -0.4 is 0 Å². The van der Waals surface area contributed by atoms with Gasteiger partial charge in [-0.1, -0.05) is 45.4 Å². The molecule has 1 fully saturated rings. The second-order valence-corrected chi connectivity index (χ2v) is 7.24. The minimum Gasteiger partial charge on any atom is -0.400 e. The first-order valence-corrected chi connectivity index (χ1v) is 8.07.